The van der Waals surface area contributed by atoms with E-state index in [4.69, 9.17) is 4.74 Å². The van der Waals surface area contributed by atoms with Crippen LogP contribution in [0.3, 0.4) is 0 Å². The Morgan fingerprint density at radius 1 is 1.00 bits per heavy atom. The molecule has 1 amide bonds. The topological polar surface area (TPSA) is 69.0 Å². The second-order valence-corrected chi connectivity index (χ2v) is 8.11. The van der Waals surface area contributed by atoms with Gasteiger partial charge in [0, 0.05) is 0 Å². The molecule has 4 rings (SSSR count). The van der Waals surface area contributed by atoms with Crippen LogP contribution in [-0.2, 0) is 11.2 Å². The number of para-hydroxylation sites is 2. The van der Waals surface area contributed by atoms with Gasteiger partial charge in [0.1, 0.15) is 12.1 Å². The number of nitrogens with one attached hydrogen (secondary N) is 1. The van der Waals surface area contributed by atoms with Crippen LogP contribution in [0.5, 0.6) is 5.75 Å². The number of hydrogen-bond donors (Lipinski definition) is 1. The minimum Gasteiger partial charge on any atom is -0.495 e. The third kappa shape index (κ3) is 5.36. The van der Waals surface area contributed by atoms with Crippen molar-refractivity contribution in [1.82, 2.24) is 20.1 Å². The number of ether oxygens (including phenoxy) is 1. The zero-order valence-electron chi connectivity index (χ0n) is 17.7. The van der Waals surface area contributed by atoms with Crippen molar-refractivity contribution < 1.29 is 9.53 Å². The van der Waals surface area contributed by atoms with Crippen LogP contribution in [0.2, 0.25) is 0 Å². The molecule has 4 aromatic rings. The highest BCUT2D eigenvalue weighted by Gasteiger charge is 2.17. The van der Waals surface area contributed by atoms with Crippen molar-refractivity contribution in [2.24, 2.45) is 0 Å². The van der Waals surface area contributed by atoms with Crippen LogP contribution in [0.4, 0.5) is 0 Å². The largest absolute Gasteiger partial charge is 0.495 e. The molecule has 0 saturated carbocycles. The molecule has 1 N–H and O–H groups in total. The number of aromatic nitrogens is 3. The minimum absolute atomic E-state index is 0.0608. The van der Waals surface area contributed by atoms with Gasteiger partial charge in [-0.3, -0.25) is 9.36 Å². The number of carbonyl (C=O) groups is 1. The summed E-state index contributed by atoms with van der Waals surface area (Å²) in [5.41, 5.74) is 3.08. The van der Waals surface area contributed by atoms with Gasteiger partial charge in [-0.1, -0.05) is 84.6 Å². The molecule has 0 aliphatic heterocycles. The molecule has 7 heteroatoms. The fourth-order valence-corrected chi connectivity index (χ4v) is 4.20. The molecule has 0 aliphatic carbocycles. The van der Waals surface area contributed by atoms with Crippen LogP contribution in [0.1, 0.15) is 17.2 Å². The molecule has 0 aliphatic rings. The molecule has 32 heavy (non-hydrogen) atoms. The molecule has 6 nitrogen and oxygen atoms in total. The summed E-state index contributed by atoms with van der Waals surface area (Å²) in [5, 5.41) is 12.0. The average Bonchev–Trinajstić information content (AvgIpc) is 3.32. The Kier molecular flexibility index (Phi) is 7.19. The SMILES string of the molecule is COc1ccccc1-n1cnnc1SCC(=O)N[C@@H](Cc1ccccc1)c1ccccc1. The highest BCUT2D eigenvalue weighted by atomic mass is 32.2. The molecular formula is C25H24N4O2S. The molecule has 0 fully saturated rings. The third-order valence-electron chi connectivity index (χ3n) is 5.01. The van der Waals surface area contributed by atoms with Gasteiger partial charge in [-0.05, 0) is 29.7 Å². The fraction of sp³-hybridized carbons (Fsp3) is 0.160. The van der Waals surface area contributed by atoms with Gasteiger partial charge in [0.05, 0.1) is 24.6 Å². The number of hydrogen-bond acceptors (Lipinski definition) is 5. The van der Waals surface area contributed by atoms with Crippen LogP contribution in [0.15, 0.2) is 96.4 Å². The van der Waals surface area contributed by atoms with E-state index < -0.39 is 0 Å². The molecule has 3 aromatic carbocycles. The van der Waals surface area contributed by atoms with E-state index in [1.165, 1.54) is 17.3 Å². The molecule has 1 heterocycles. The zero-order valence-corrected chi connectivity index (χ0v) is 18.5. The molecular weight excluding hydrogens is 420 g/mol. The second kappa shape index (κ2) is 10.6. The summed E-state index contributed by atoms with van der Waals surface area (Å²) in [6.45, 7) is 0. The van der Waals surface area contributed by atoms with Crippen LogP contribution in [0, 0.1) is 0 Å². The maximum absolute atomic E-state index is 12.9. The fourth-order valence-electron chi connectivity index (χ4n) is 3.47. The highest BCUT2D eigenvalue weighted by molar-refractivity contribution is 7.99. The van der Waals surface area contributed by atoms with E-state index in [0.717, 1.165) is 17.7 Å². The van der Waals surface area contributed by atoms with Gasteiger partial charge in [-0.25, -0.2) is 0 Å². The molecule has 1 atom stereocenters. The Labute approximate surface area is 191 Å². The normalized spacial score (nSPS) is 11.7. The van der Waals surface area contributed by atoms with E-state index in [0.29, 0.717) is 10.9 Å². The number of rotatable bonds is 9. The van der Waals surface area contributed by atoms with Crippen LogP contribution < -0.4 is 10.1 Å². The molecule has 0 unspecified atom stereocenters. The van der Waals surface area contributed by atoms with Crippen molar-refractivity contribution in [3.63, 3.8) is 0 Å². The first-order chi connectivity index (χ1) is 15.7. The Hall–Kier alpha value is -3.58. The van der Waals surface area contributed by atoms with Crippen molar-refractivity contribution in [2.75, 3.05) is 12.9 Å². The first kappa shape index (κ1) is 21.6. The lowest BCUT2D eigenvalue weighted by molar-refractivity contribution is -0.119. The summed E-state index contributed by atoms with van der Waals surface area (Å²) in [7, 11) is 1.62. The molecule has 1 aromatic heterocycles. The Balaban J connectivity index is 1.45. The maximum Gasteiger partial charge on any atom is 0.230 e. The van der Waals surface area contributed by atoms with Crippen LogP contribution in [-0.4, -0.2) is 33.5 Å². The third-order valence-corrected chi connectivity index (χ3v) is 5.96. The summed E-state index contributed by atoms with van der Waals surface area (Å²) in [6, 6.07) is 27.7. The number of nitrogens with zero attached hydrogens (tertiary/aromatic N) is 3. The summed E-state index contributed by atoms with van der Waals surface area (Å²) in [5.74, 6) is 0.881. The van der Waals surface area contributed by atoms with Crippen molar-refractivity contribution in [2.45, 2.75) is 17.6 Å². The lowest BCUT2D eigenvalue weighted by atomic mass is 9.99. The average molecular weight is 445 g/mol. The predicted molar refractivity (Wildman–Crippen MR) is 126 cm³/mol. The van der Waals surface area contributed by atoms with Gasteiger partial charge in [0.2, 0.25) is 5.91 Å². The summed E-state index contributed by atoms with van der Waals surface area (Å²) in [4.78, 5) is 12.9. The number of methoxy groups -OCH3 is 1. The van der Waals surface area contributed by atoms with Crippen molar-refractivity contribution in [1.29, 1.82) is 0 Å². The lowest BCUT2D eigenvalue weighted by Crippen LogP contribution is -2.31. The monoisotopic (exact) mass is 444 g/mol. The van der Waals surface area contributed by atoms with Gasteiger partial charge in [0.15, 0.2) is 5.16 Å². The van der Waals surface area contributed by atoms with Crippen molar-refractivity contribution in [3.05, 3.63) is 102 Å². The summed E-state index contributed by atoms with van der Waals surface area (Å²) >= 11 is 1.34. The Bertz CT molecular complexity index is 1150. The summed E-state index contributed by atoms with van der Waals surface area (Å²) in [6.07, 6.45) is 2.35. The van der Waals surface area contributed by atoms with Gasteiger partial charge >= 0.3 is 0 Å². The zero-order chi connectivity index (χ0) is 22.2. The van der Waals surface area contributed by atoms with E-state index in [2.05, 4.69) is 27.6 Å². The Morgan fingerprint density at radius 2 is 1.69 bits per heavy atom. The highest BCUT2D eigenvalue weighted by Crippen LogP contribution is 2.27. The number of amides is 1. The van der Waals surface area contributed by atoms with E-state index in [1.54, 1.807) is 13.4 Å². The van der Waals surface area contributed by atoms with E-state index in [9.17, 15) is 4.79 Å². The number of thioether (sulfide) groups is 1. The number of carbonyl (C=O) groups excluding carboxylic acids is 1. The van der Waals surface area contributed by atoms with Crippen LogP contribution >= 0.6 is 11.8 Å². The number of benzene rings is 3. The first-order valence-electron chi connectivity index (χ1n) is 10.3. The quantitative estimate of drug-likeness (QED) is 0.386. The van der Waals surface area contributed by atoms with Gasteiger partial charge in [-0.15, -0.1) is 10.2 Å². The molecule has 0 spiro atoms. The lowest BCUT2D eigenvalue weighted by Gasteiger charge is -2.19. The van der Waals surface area contributed by atoms with Gasteiger partial charge in [-0.2, -0.15) is 0 Å². The van der Waals surface area contributed by atoms with Gasteiger partial charge < -0.3 is 10.1 Å². The van der Waals surface area contributed by atoms with Crippen LogP contribution in [0.25, 0.3) is 5.69 Å². The smallest absolute Gasteiger partial charge is 0.230 e. The molecule has 162 valence electrons. The van der Waals surface area contributed by atoms with E-state index in [1.807, 2.05) is 77.4 Å². The Morgan fingerprint density at radius 3 is 2.44 bits per heavy atom. The van der Waals surface area contributed by atoms with Crippen molar-refractivity contribution in [3.8, 4) is 11.4 Å². The maximum atomic E-state index is 12.9. The van der Waals surface area contributed by atoms with Crippen molar-refractivity contribution >= 4 is 17.7 Å². The summed E-state index contributed by atoms with van der Waals surface area (Å²) < 4.78 is 7.27. The second-order valence-electron chi connectivity index (χ2n) is 7.16. The van der Waals surface area contributed by atoms with E-state index >= 15 is 0 Å². The van der Waals surface area contributed by atoms with E-state index in [-0.39, 0.29) is 17.7 Å². The predicted octanol–water partition coefficient (Wildman–Crippen LogP) is 4.47. The first-order valence-corrected chi connectivity index (χ1v) is 11.3. The van der Waals surface area contributed by atoms with Gasteiger partial charge in [0.25, 0.3) is 0 Å². The standard InChI is InChI=1S/C25H24N4O2S/c1-31-23-15-9-8-14-22(23)29-18-26-28-25(29)32-17-24(30)27-21(20-12-6-3-7-13-20)16-19-10-4-2-5-11-19/h2-15,18,21H,16-17H2,1H3,(H,27,30)/t21-/m0/s1. The minimum atomic E-state index is -0.112. The molecule has 0 radical (unpaired) electrons. The molecule has 0 bridgehead atoms. The molecule has 0 saturated heterocycles.